The second kappa shape index (κ2) is 21.5. The molecule has 0 spiro atoms. The number of hydrogen-bond acceptors (Lipinski definition) is 20. The van der Waals surface area contributed by atoms with Gasteiger partial charge in [0.2, 0.25) is 35.7 Å². The summed E-state index contributed by atoms with van der Waals surface area (Å²) in [7, 11) is -9.67. The summed E-state index contributed by atoms with van der Waals surface area (Å²) < 4.78 is 70.8. The minimum absolute atomic E-state index is 0.00595. The smallest absolute Gasteiger partial charge is 0.297 e. The van der Waals surface area contributed by atoms with Gasteiger partial charge in [-0.15, -0.1) is 0 Å². The summed E-state index contributed by atoms with van der Waals surface area (Å²) in [5, 5.41) is 51.4. The van der Waals surface area contributed by atoms with Gasteiger partial charge in [-0.25, -0.2) is 0 Å². The van der Waals surface area contributed by atoms with Crippen molar-refractivity contribution in [1.29, 1.82) is 0 Å². The Labute approximate surface area is 367 Å². The van der Waals surface area contributed by atoms with E-state index in [1.165, 1.54) is 46.2 Å². The van der Waals surface area contributed by atoms with Gasteiger partial charge in [0.05, 0.1) is 42.7 Å². The number of benzene rings is 4. The molecular formula is C40H44N12O10S2. The van der Waals surface area contributed by atoms with Gasteiger partial charge in [0.15, 0.2) is 0 Å². The SMILES string of the molecule is O=S(=O)(O)c1ccc(C=Cc2ccc(Nc3nc(Nc4ccccc4)nc(N(CCO)CCO)n3)c(Nc3nc(Nc4ccccc4)nc(N(CCO)CCO)n3)c2S(=O)(=O)O)cc1. The summed E-state index contributed by atoms with van der Waals surface area (Å²) >= 11 is 0. The van der Waals surface area contributed by atoms with Crippen LogP contribution in [0, 0.1) is 0 Å². The normalized spacial score (nSPS) is 11.7. The van der Waals surface area contributed by atoms with E-state index in [0.29, 0.717) is 16.9 Å². The first-order valence-corrected chi connectivity index (χ1v) is 22.2. The third kappa shape index (κ3) is 12.6. The first kappa shape index (κ1) is 46.6. The number of para-hydroxylation sites is 2. The van der Waals surface area contributed by atoms with Crippen molar-refractivity contribution in [2.75, 3.05) is 83.7 Å². The van der Waals surface area contributed by atoms with E-state index in [0.717, 1.165) is 12.1 Å². The summed E-state index contributed by atoms with van der Waals surface area (Å²) in [6, 6.07) is 25.6. The fourth-order valence-corrected chi connectivity index (χ4v) is 7.38. The fraction of sp³-hybridized carbons (Fsp3) is 0.200. The van der Waals surface area contributed by atoms with E-state index < -0.39 is 25.1 Å². The standard InChI is InChI=1S/C40H44N12O10S2/c53-23-19-51(20-24-54)39-47-35(41-29-7-3-1-4-8-29)45-37(49-39)43-32-18-15-28(14-11-27-12-16-31(17-13-27)63(57,58)59)34(64(60,61)62)33(32)44-38-46-36(42-30-9-5-2-6-10-30)48-40(50-38)52(21-25-55)22-26-56/h1-18,53-56H,19-26H2,(H,57,58,59)(H,60,61,62)(H2,41,43,45,47,49)(H2,42,44,46,48,50). The summed E-state index contributed by atoms with van der Waals surface area (Å²) in [6.07, 6.45) is 2.78. The predicted octanol–water partition coefficient (Wildman–Crippen LogP) is 3.28. The van der Waals surface area contributed by atoms with Crippen LogP contribution in [0.2, 0.25) is 0 Å². The van der Waals surface area contributed by atoms with Crippen LogP contribution in [0.4, 0.5) is 58.4 Å². The Morgan fingerprint density at radius 1 is 0.484 bits per heavy atom. The van der Waals surface area contributed by atoms with Crippen LogP contribution < -0.4 is 31.1 Å². The molecule has 6 aromatic rings. The number of aliphatic hydroxyl groups is 4. The Bertz CT molecular complexity index is 2750. The minimum atomic E-state index is -5.18. The van der Waals surface area contributed by atoms with E-state index in [4.69, 9.17) is 0 Å². The monoisotopic (exact) mass is 916 g/mol. The Morgan fingerprint density at radius 3 is 1.34 bits per heavy atom. The summed E-state index contributed by atoms with van der Waals surface area (Å²) in [6.45, 7) is -1.27. The molecule has 0 atom stereocenters. The highest BCUT2D eigenvalue weighted by Gasteiger charge is 2.26. The van der Waals surface area contributed by atoms with E-state index in [1.807, 2.05) is 6.07 Å². The van der Waals surface area contributed by atoms with Crippen molar-refractivity contribution in [1.82, 2.24) is 29.9 Å². The van der Waals surface area contributed by atoms with Crippen molar-refractivity contribution in [2.45, 2.75) is 9.79 Å². The van der Waals surface area contributed by atoms with Crippen LogP contribution in [-0.4, -0.2) is 129 Å². The average molecular weight is 917 g/mol. The first-order chi connectivity index (χ1) is 30.8. The third-order valence-corrected chi connectivity index (χ3v) is 10.7. The van der Waals surface area contributed by atoms with Crippen molar-refractivity contribution in [2.24, 2.45) is 0 Å². The van der Waals surface area contributed by atoms with Crippen LogP contribution >= 0.6 is 0 Å². The molecule has 0 unspecified atom stereocenters. The molecule has 336 valence electrons. The van der Waals surface area contributed by atoms with Crippen LogP contribution in [0.3, 0.4) is 0 Å². The van der Waals surface area contributed by atoms with Gasteiger partial charge in [-0.1, -0.05) is 66.7 Å². The molecule has 22 nitrogen and oxygen atoms in total. The van der Waals surface area contributed by atoms with Crippen molar-refractivity contribution in [3.8, 4) is 0 Å². The Hall–Kier alpha value is -6.90. The molecule has 0 aliphatic rings. The molecule has 10 N–H and O–H groups in total. The summed E-state index contributed by atoms with van der Waals surface area (Å²) in [5.41, 5.74) is 1.11. The molecule has 0 amide bonds. The van der Waals surface area contributed by atoms with Gasteiger partial charge in [0.25, 0.3) is 20.2 Å². The van der Waals surface area contributed by atoms with Crippen molar-refractivity contribution in [3.05, 3.63) is 108 Å². The van der Waals surface area contributed by atoms with Gasteiger partial charge in [0.1, 0.15) is 4.90 Å². The lowest BCUT2D eigenvalue weighted by Crippen LogP contribution is -2.32. The molecule has 0 saturated carbocycles. The van der Waals surface area contributed by atoms with Gasteiger partial charge < -0.3 is 51.5 Å². The van der Waals surface area contributed by atoms with Gasteiger partial charge in [0, 0.05) is 37.6 Å². The second-order valence-corrected chi connectivity index (χ2v) is 16.2. The van der Waals surface area contributed by atoms with E-state index in [2.05, 4.69) is 51.2 Å². The Morgan fingerprint density at radius 2 is 0.922 bits per heavy atom. The van der Waals surface area contributed by atoms with Crippen LogP contribution in [0.1, 0.15) is 11.1 Å². The summed E-state index contributed by atoms with van der Waals surface area (Å²) in [5.74, 6) is -0.434. The lowest BCUT2D eigenvalue weighted by atomic mass is 10.1. The quantitative estimate of drug-likeness (QED) is 0.0345. The lowest BCUT2D eigenvalue weighted by molar-refractivity contribution is 0.279. The molecule has 0 aliphatic heterocycles. The molecule has 24 heteroatoms. The van der Waals surface area contributed by atoms with E-state index in [-0.39, 0.29) is 110 Å². The van der Waals surface area contributed by atoms with Gasteiger partial charge in [-0.3, -0.25) is 9.11 Å². The van der Waals surface area contributed by atoms with Gasteiger partial charge >= 0.3 is 0 Å². The van der Waals surface area contributed by atoms with Crippen LogP contribution in [0.15, 0.2) is 107 Å². The zero-order valence-electron chi connectivity index (χ0n) is 33.8. The zero-order valence-corrected chi connectivity index (χ0v) is 35.4. The fourth-order valence-electron chi connectivity index (χ4n) is 6.05. The highest BCUT2D eigenvalue weighted by molar-refractivity contribution is 7.86. The Kier molecular flexibility index (Phi) is 15.6. The van der Waals surface area contributed by atoms with Crippen molar-refractivity contribution in [3.63, 3.8) is 0 Å². The van der Waals surface area contributed by atoms with Gasteiger partial charge in [-0.05, 0) is 53.6 Å². The highest BCUT2D eigenvalue weighted by atomic mass is 32.2. The average Bonchev–Trinajstić information content (AvgIpc) is 3.26. The number of nitrogens with zero attached hydrogens (tertiary/aromatic N) is 8. The van der Waals surface area contributed by atoms with E-state index >= 15 is 0 Å². The van der Waals surface area contributed by atoms with Crippen LogP contribution in [0.25, 0.3) is 12.2 Å². The molecular weight excluding hydrogens is 873 g/mol. The van der Waals surface area contributed by atoms with Crippen LogP contribution in [0.5, 0.6) is 0 Å². The highest BCUT2D eigenvalue weighted by Crippen LogP contribution is 2.38. The third-order valence-electron chi connectivity index (χ3n) is 8.92. The molecule has 4 aromatic carbocycles. The number of rotatable bonds is 22. The molecule has 64 heavy (non-hydrogen) atoms. The van der Waals surface area contributed by atoms with E-state index in [1.54, 1.807) is 54.6 Å². The molecule has 0 aliphatic carbocycles. The van der Waals surface area contributed by atoms with Crippen molar-refractivity contribution < 1.29 is 46.4 Å². The number of aliphatic hydroxyl groups excluding tert-OH is 4. The lowest BCUT2D eigenvalue weighted by Gasteiger charge is -2.23. The maximum Gasteiger partial charge on any atom is 0.297 e. The number of anilines is 10. The molecule has 6 rings (SSSR count). The first-order valence-electron chi connectivity index (χ1n) is 19.3. The number of hydrogen-bond donors (Lipinski definition) is 10. The van der Waals surface area contributed by atoms with Gasteiger partial charge in [-0.2, -0.15) is 46.7 Å². The predicted molar refractivity (Wildman–Crippen MR) is 240 cm³/mol. The summed E-state index contributed by atoms with van der Waals surface area (Å²) in [4.78, 5) is 28.9. The van der Waals surface area contributed by atoms with E-state index in [9.17, 15) is 46.4 Å². The molecule has 0 bridgehead atoms. The van der Waals surface area contributed by atoms with Crippen molar-refractivity contribution >= 4 is 90.8 Å². The largest absolute Gasteiger partial charge is 0.395 e. The molecule has 2 aromatic heterocycles. The maximum atomic E-state index is 13.6. The minimum Gasteiger partial charge on any atom is -0.395 e. The molecule has 0 fully saturated rings. The number of aromatic nitrogens is 6. The maximum absolute atomic E-state index is 13.6. The Balaban J connectivity index is 1.54. The van der Waals surface area contributed by atoms with Crippen LogP contribution in [-0.2, 0) is 20.2 Å². The topological polar surface area (TPSA) is 322 Å². The molecule has 2 heterocycles. The molecule has 0 saturated heterocycles. The molecule has 0 radical (unpaired) electrons. The zero-order chi connectivity index (χ0) is 45.7. The second-order valence-electron chi connectivity index (χ2n) is 13.4. The number of nitrogens with one attached hydrogen (secondary N) is 4.